The van der Waals surface area contributed by atoms with Crippen LogP contribution in [0.2, 0.25) is 5.15 Å². The molecule has 7 rings (SSSR count). The Bertz CT molecular complexity index is 1920. The van der Waals surface area contributed by atoms with Crippen molar-refractivity contribution in [3.63, 3.8) is 0 Å². The maximum Gasteiger partial charge on any atom is 1.00 e. The number of ether oxygens (including phenoxy) is 3. The van der Waals surface area contributed by atoms with Gasteiger partial charge in [0.2, 0.25) is 0 Å². The van der Waals surface area contributed by atoms with Gasteiger partial charge in [-0.2, -0.15) is 15.8 Å². The number of rotatable bonds is 4. The third kappa shape index (κ3) is 20.8. The van der Waals surface area contributed by atoms with Crippen molar-refractivity contribution < 1.29 is 148 Å². The summed E-state index contributed by atoms with van der Waals surface area (Å²) in [7, 11) is -1.50. The van der Waals surface area contributed by atoms with Crippen LogP contribution < -0.4 is 129 Å². The molecule has 0 saturated carbocycles. The fourth-order valence-electron chi connectivity index (χ4n) is 5.25. The Morgan fingerprint density at radius 3 is 1.58 bits per heavy atom. The van der Waals surface area contributed by atoms with Crippen molar-refractivity contribution in [3.05, 3.63) is 67.6 Å². The molecule has 0 atom stereocenters. The molecule has 24 heteroatoms. The number of halogens is 4. The van der Waals surface area contributed by atoms with Crippen LogP contribution in [0.25, 0.3) is 0 Å². The average Bonchev–Trinajstić information content (AvgIpc) is 3.51. The zero-order valence-corrected chi connectivity index (χ0v) is 45.8. The van der Waals surface area contributed by atoms with E-state index in [9.17, 15) is 9.65 Å². The molecule has 4 fully saturated rings. The van der Waals surface area contributed by atoms with E-state index in [-0.39, 0.29) is 116 Å². The average molecular weight is 1060 g/mol. The van der Waals surface area contributed by atoms with E-state index in [0.717, 1.165) is 72.7 Å². The minimum atomic E-state index is -1.00. The number of carbonyl (C=O) groups excluding carboxylic acids is 1. The Labute approximate surface area is 472 Å². The van der Waals surface area contributed by atoms with Gasteiger partial charge in [0, 0.05) is 72.3 Å². The normalized spacial score (nSPS) is 16.8. The molecule has 0 amide bonds. The molecule has 4 aliphatic rings. The number of morpholine rings is 3. The Morgan fingerprint density at radius 2 is 1.21 bits per heavy atom. The molecule has 1 N–H and O–H groups in total. The Hall–Kier alpha value is -0.772. The topological polar surface area (TPSA) is 224 Å². The summed E-state index contributed by atoms with van der Waals surface area (Å²) in [6, 6.07) is 11.5. The summed E-state index contributed by atoms with van der Waals surface area (Å²) in [5.41, 5.74) is 1.49. The van der Waals surface area contributed by atoms with Crippen LogP contribution in [0.1, 0.15) is 47.2 Å². The number of aromatic nitrogens is 3. The van der Waals surface area contributed by atoms with Crippen LogP contribution >= 0.6 is 43.5 Å². The Morgan fingerprint density at radius 1 is 0.823 bits per heavy atom. The minimum absolute atomic E-state index is 0. The van der Waals surface area contributed by atoms with Gasteiger partial charge in [-0.3, -0.25) is 9.18 Å². The van der Waals surface area contributed by atoms with Gasteiger partial charge < -0.3 is 50.2 Å². The first-order chi connectivity index (χ1) is 29.2. The summed E-state index contributed by atoms with van der Waals surface area (Å²) in [5, 5.41) is 38.8. The third-order valence-electron chi connectivity index (χ3n) is 8.92. The molecular formula is C38H48BBr2ClFK2N9O8. The number of alkyl halides is 1. The summed E-state index contributed by atoms with van der Waals surface area (Å²) < 4.78 is 44.8. The number of hydrogen-bond acceptors (Lipinski definition) is 17. The van der Waals surface area contributed by atoms with E-state index < -0.39 is 25.5 Å². The Kier molecular flexibility index (Phi) is 32.2. The van der Waals surface area contributed by atoms with Gasteiger partial charge in [-0.1, -0.05) is 11.6 Å². The van der Waals surface area contributed by atoms with Gasteiger partial charge in [0.05, 0.1) is 76.1 Å². The monoisotopic (exact) mass is 1060 g/mol. The molecule has 4 aliphatic heterocycles. The van der Waals surface area contributed by atoms with Gasteiger partial charge in [0.1, 0.15) is 35.0 Å². The number of nitriles is 3. The van der Waals surface area contributed by atoms with Crippen molar-refractivity contribution >= 4 is 74.1 Å². The fraction of sp³-hybridized carbons (Fsp3) is 0.500. The van der Waals surface area contributed by atoms with Gasteiger partial charge in [-0.05, 0) is 77.8 Å². The van der Waals surface area contributed by atoms with Crippen LogP contribution in [0.5, 0.6) is 0 Å². The van der Waals surface area contributed by atoms with Gasteiger partial charge in [0.25, 0.3) is 6.47 Å². The molecule has 7 heterocycles. The number of nitrogens with zero attached hydrogens (tertiary/aromatic N) is 8. The Balaban J connectivity index is 0. The molecule has 0 radical (unpaired) electrons. The molecular weight excluding hydrogens is 1010 g/mol. The standard InChI is InChI=1S/C16H22BN3O3.C10H10BrN3O.C6H2BrClN2.C4H9NO.CH3F.CH2O3.2K.H/c1-15(2)16(3,4)23-17(22-15)13-9-12(10-18)14(19-11-13)20-5-7-21-8-6-20;11-9-5-8(6-12)10(13-7-9)14-1-3-15-4-2-14;7-5-1-4(2-9)6(8)10-3-5;1-3-6-4-2-5-1;1-2;2-1-4-3;;;/h9,11H,5-8H2,1-4H3;5,7H,1-4H2;1,3H;5H,1-4H2;1H3;1,3H;;;/q;;;;;;2*+1;-1/p-1/i;;;;1D;;;;. The van der Waals surface area contributed by atoms with Gasteiger partial charge in [-0.15, -0.1) is 0 Å². The van der Waals surface area contributed by atoms with E-state index in [4.69, 9.17) is 57.1 Å². The maximum atomic E-state index is 9.96. The first-order valence-corrected chi connectivity index (χ1v) is 20.2. The number of hydrogen-bond donors (Lipinski definition) is 1. The van der Waals surface area contributed by atoms with E-state index >= 15 is 0 Å². The van der Waals surface area contributed by atoms with Crippen LogP contribution in [0.15, 0.2) is 45.7 Å². The van der Waals surface area contributed by atoms with Crippen LogP contribution in [-0.4, -0.2) is 126 Å². The SMILES string of the molecule is C1COCCN1.CC1(C)OB(c2cnc(N3CCOCC3)c(C#N)c2)OC1(C)C.N#Cc1cc(Br)cnc1Cl.N#Cc1cc(Br)cnc1N1CCOCC1.O=CO[O-].[2H]CF.[H-].[K+].[K+]. The molecule has 0 aliphatic carbocycles. The van der Waals surface area contributed by atoms with Crippen molar-refractivity contribution in [1.29, 1.82) is 15.8 Å². The van der Waals surface area contributed by atoms with Crippen molar-refractivity contribution in [1.82, 2.24) is 20.3 Å². The van der Waals surface area contributed by atoms with Gasteiger partial charge >= 0.3 is 110 Å². The molecule has 62 heavy (non-hydrogen) atoms. The van der Waals surface area contributed by atoms with Crippen LogP contribution in [0.3, 0.4) is 0 Å². The van der Waals surface area contributed by atoms with Gasteiger partial charge in [0.15, 0.2) is 0 Å². The van der Waals surface area contributed by atoms with Crippen molar-refractivity contribution in [2.45, 2.75) is 38.9 Å². The van der Waals surface area contributed by atoms with E-state index in [1.165, 1.54) is 0 Å². The number of anilines is 2. The van der Waals surface area contributed by atoms with Crippen LogP contribution in [-0.2, 0) is 33.2 Å². The predicted octanol–water partition coefficient (Wildman–Crippen LogP) is -2.24. The number of nitrogens with one attached hydrogen (secondary N) is 1. The first kappa shape index (κ1) is 59.2. The van der Waals surface area contributed by atoms with E-state index in [1.807, 2.05) is 39.8 Å². The van der Waals surface area contributed by atoms with Crippen molar-refractivity contribution in [2.24, 2.45) is 0 Å². The second-order valence-corrected chi connectivity index (χ2v) is 15.5. The van der Waals surface area contributed by atoms with Crippen molar-refractivity contribution in [3.8, 4) is 18.2 Å². The van der Waals surface area contributed by atoms with Gasteiger partial charge in [-0.25, -0.2) is 15.0 Å². The number of carbonyl (C=O) groups is 1. The van der Waals surface area contributed by atoms with Crippen molar-refractivity contribution in [2.75, 3.05) is 95.9 Å². The summed E-state index contributed by atoms with van der Waals surface area (Å²) in [6.07, 6.45) is 5.00. The molecule has 3 aromatic rings. The second-order valence-electron chi connectivity index (χ2n) is 13.3. The van der Waals surface area contributed by atoms with E-state index in [2.05, 4.69) is 79.0 Å². The third-order valence-corrected chi connectivity index (χ3v) is 10.1. The largest absolute Gasteiger partial charge is 1.00 e. The zero-order valence-electron chi connectivity index (χ0n) is 37.7. The second kappa shape index (κ2) is 33.7. The molecule has 17 nitrogen and oxygen atoms in total. The summed E-state index contributed by atoms with van der Waals surface area (Å²) in [4.78, 5) is 27.9. The smallest absolute Gasteiger partial charge is 1.00 e. The minimum Gasteiger partial charge on any atom is -1.00 e. The molecule has 0 bridgehead atoms. The molecule has 3 aromatic heterocycles. The molecule has 4 saturated heterocycles. The summed E-state index contributed by atoms with van der Waals surface area (Å²) >= 11 is 12.0. The van der Waals surface area contributed by atoms with Crippen LogP contribution in [0, 0.1) is 34.0 Å². The zero-order chi connectivity index (χ0) is 45.3. The summed E-state index contributed by atoms with van der Waals surface area (Å²) in [5.74, 6) is 1.46. The molecule has 0 spiro atoms. The molecule has 326 valence electrons. The number of pyridine rings is 3. The molecule has 0 aromatic carbocycles. The van der Waals surface area contributed by atoms with Crippen LogP contribution in [0.4, 0.5) is 16.0 Å². The van der Waals surface area contributed by atoms with E-state index in [0.29, 0.717) is 48.9 Å². The summed E-state index contributed by atoms with van der Waals surface area (Å²) in [6.45, 7) is 17.5. The van der Waals surface area contributed by atoms with E-state index in [1.54, 1.807) is 30.7 Å². The predicted molar refractivity (Wildman–Crippen MR) is 228 cm³/mol. The maximum absolute atomic E-state index is 9.96. The fourth-order valence-corrected chi connectivity index (χ4v) is 6.06. The quantitative estimate of drug-likeness (QED) is 0.0959. The first-order valence-electron chi connectivity index (χ1n) is 19.0. The molecule has 0 unspecified atom stereocenters.